The SMILES string of the molecule is O=C1N[C@]2(C(=O)NS(=O)(=O)C3CC3)C[C@H]2/C=C\CCCCC[C@H](NC(=O)C(F)(F)F)C(=O)N2C[C@H](Oc3nc(-c4ccco4)nc4c3oc3ccc(F)cc34)C[C@@H]12. The average molecular weight is 817 g/mol. The maximum absolute atomic E-state index is 14.4. The summed E-state index contributed by atoms with van der Waals surface area (Å²) in [5.74, 6) is -6.30. The number of alkyl halides is 3. The third-order valence-corrected chi connectivity index (χ3v) is 12.5. The number of rotatable bonds is 7. The highest BCUT2D eigenvalue weighted by Gasteiger charge is 2.62. The molecule has 302 valence electrons. The first-order valence-electron chi connectivity index (χ1n) is 18.5. The molecule has 4 aliphatic rings. The monoisotopic (exact) mass is 816 g/mol. The summed E-state index contributed by atoms with van der Waals surface area (Å²) < 4.78 is 100. The Morgan fingerprint density at radius 1 is 1.07 bits per heavy atom. The van der Waals surface area contributed by atoms with Gasteiger partial charge >= 0.3 is 12.1 Å². The van der Waals surface area contributed by atoms with E-state index >= 15 is 0 Å². The molecule has 1 saturated heterocycles. The molecule has 3 fully saturated rings. The zero-order chi connectivity index (χ0) is 40.3. The highest BCUT2D eigenvalue weighted by atomic mass is 32.2. The summed E-state index contributed by atoms with van der Waals surface area (Å²) in [7, 11) is -4.02. The maximum Gasteiger partial charge on any atom is 0.471 e. The third kappa shape index (κ3) is 7.65. The average Bonchev–Trinajstić information content (AvgIpc) is 3.95. The minimum absolute atomic E-state index is 0.0124. The van der Waals surface area contributed by atoms with Crippen LogP contribution in [0.5, 0.6) is 5.88 Å². The molecule has 57 heavy (non-hydrogen) atoms. The fourth-order valence-corrected chi connectivity index (χ4v) is 8.80. The number of nitrogens with one attached hydrogen (secondary N) is 3. The van der Waals surface area contributed by atoms with E-state index in [0.717, 1.165) is 4.90 Å². The molecule has 0 unspecified atom stereocenters. The van der Waals surface area contributed by atoms with E-state index in [1.165, 1.54) is 24.5 Å². The Hall–Kier alpha value is -5.53. The van der Waals surface area contributed by atoms with Gasteiger partial charge in [-0.3, -0.25) is 23.9 Å². The molecule has 1 aromatic carbocycles. The maximum atomic E-state index is 14.4. The molecule has 2 aliphatic heterocycles. The zero-order valence-corrected chi connectivity index (χ0v) is 30.8. The number of halogens is 4. The second-order valence-corrected chi connectivity index (χ2v) is 16.7. The van der Waals surface area contributed by atoms with Gasteiger partial charge in [-0.2, -0.15) is 18.2 Å². The Balaban J connectivity index is 1.15. The lowest BCUT2D eigenvalue weighted by Crippen LogP contribution is -2.58. The molecule has 0 radical (unpaired) electrons. The number of hydrogen-bond donors (Lipinski definition) is 3. The molecule has 4 amide bonds. The van der Waals surface area contributed by atoms with E-state index in [2.05, 4.69) is 20.0 Å². The number of aromatic nitrogens is 2. The quantitative estimate of drug-likeness (QED) is 0.179. The number of furan rings is 2. The molecule has 20 heteroatoms. The zero-order valence-electron chi connectivity index (χ0n) is 30.0. The van der Waals surface area contributed by atoms with Gasteiger partial charge in [-0.15, -0.1) is 0 Å². The van der Waals surface area contributed by atoms with Crippen LogP contribution in [0.15, 0.2) is 57.6 Å². The van der Waals surface area contributed by atoms with E-state index in [4.69, 9.17) is 13.6 Å². The van der Waals surface area contributed by atoms with Crippen molar-refractivity contribution in [2.45, 2.75) is 92.9 Å². The molecule has 15 nitrogen and oxygen atoms in total. The topological polar surface area (TPSA) is 203 Å². The molecule has 5 heterocycles. The number of nitrogens with zero attached hydrogens (tertiary/aromatic N) is 3. The lowest BCUT2D eigenvalue weighted by Gasteiger charge is -2.30. The predicted molar refractivity (Wildman–Crippen MR) is 191 cm³/mol. The first-order chi connectivity index (χ1) is 27.1. The standard InChI is InChI=1S/C37H36F4N6O9S/c38-20-10-13-26-23(15-20)28-29(56-26)32(44-30(43-28)27-9-6-14-54-27)55-21-16-25-31(48)45-36(34(50)46-57(52,53)22-11-12-22)17-19(36)7-4-2-1-3-5-8-24(33(49)47(25)18-21)42-35(51)37(39,40)41/h4,6-7,9-10,13-15,19,21-22,24-25H,1-3,5,8,11-12,16-18H2,(H,42,51)(H,45,48)(H,46,50)/b7-4-/t19-,21-,24+,25+,36-/m1/s1. The van der Waals surface area contributed by atoms with Crippen LogP contribution in [0.3, 0.4) is 0 Å². The fraction of sp³-hybridized carbons (Fsp3) is 0.459. The number of ether oxygens (including phenoxy) is 1. The summed E-state index contributed by atoms with van der Waals surface area (Å²) in [6, 6.07) is 3.77. The number of allylic oxidation sites excluding steroid dienone is 1. The Bertz CT molecular complexity index is 2400. The van der Waals surface area contributed by atoms with Gasteiger partial charge in [-0.25, -0.2) is 17.8 Å². The van der Waals surface area contributed by atoms with E-state index in [-0.39, 0.29) is 65.2 Å². The van der Waals surface area contributed by atoms with Gasteiger partial charge < -0.3 is 29.1 Å². The largest absolute Gasteiger partial charge is 0.471 e. The van der Waals surface area contributed by atoms with Crippen LogP contribution in [0.25, 0.3) is 33.7 Å². The smallest absolute Gasteiger partial charge is 0.470 e. The number of sulfonamides is 1. The van der Waals surface area contributed by atoms with Crippen LogP contribution in [-0.2, 0) is 29.2 Å². The summed E-state index contributed by atoms with van der Waals surface area (Å²) in [5.41, 5.74) is -1.33. The Morgan fingerprint density at radius 2 is 1.88 bits per heavy atom. The van der Waals surface area contributed by atoms with Crippen LogP contribution in [0.4, 0.5) is 17.6 Å². The van der Waals surface area contributed by atoms with Crippen LogP contribution in [-0.4, -0.2) is 88.6 Å². The normalized spacial score (nSPS) is 26.5. The molecule has 0 spiro atoms. The molecule has 8 rings (SSSR count). The van der Waals surface area contributed by atoms with Gasteiger partial charge in [0.25, 0.3) is 11.8 Å². The number of amides is 4. The van der Waals surface area contributed by atoms with Crippen LogP contribution in [0, 0.1) is 11.7 Å². The van der Waals surface area contributed by atoms with Gasteiger partial charge in [0, 0.05) is 17.7 Å². The third-order valence-electron chi connectivity index (χ3n) is 10.7. The molecule has 2 aliphatic carbocycles. The number of carbonyl (C=O) groups excluding carboxylic acids is 4. The number of hydrogen-bond acceptors (Lipinski definition) is 11. The molecule has 5 atom stereocenters. The lowest BCUT2D eigenvalue weighted by atomic mass is 10.0. The highest BCUT2D eigenvalue weighted by molar-refractivity contribution is 7.91. The van der Waals surface area contributed by atoms with E-state index in [1.807, 2.05) is 0 Å². The van der Waals surface area contributed by atoms with Gasteiger partial charge in [0.15, 0.2) is 11.6 Å². The van der Waals surface area contributed by atoms with E-state index in [9.17, 15) is 45.2 Å². The molecule has 0 bridgehead atoms. The van der Waals surface area contributed by atoms with E-state index in [1.54, 1.807) is 29.6 Å². The van der Waals surface area contributed by atoms with Crippen molar-refractivity contribution >= 4 is 55.7 Å². The lowest BCUT2D eigenvalue weighted by molar-refractivity contribution is -0.175. The Labute approximate surface area is 321 Å². The minimum Gasteiger partial charge on any atom is -0.470 e. The number of fused-ring (bicyclic) bond motifs is 5. The molecule has 3 N–H and O–H groups in total. The van der Waals surface area contributed by atoms with Crippen molar-refractivity contribution in [1.29, 1.82) is 0 Å². The van der Waals surface area contributed by atoms with Crippen molar-refractivity contribution < 1.29 is 58.7 Å². The van der Waals surface area contributed by atoms with Gasteiger partial charge in [0.2, 0.25) is 27.4 Å². The fourth-order valence-electron chi connectivity index (χ4n) is 7.43. The summed E-state index contributed by atoms with van der Waals surface area (Å²) >= 11 is 0. The van der Waals surface area contributed by atoms with Crippen molar-refractivity contribution in [2.75, 3.05) is 6.54 Å². The van der Waals surface area contributed by atoms with Crippen molar-refractivity contribution in [2.24, 2.45) is 5.92 Å². The van der Waals surface area contributed by atoms with E-state index in [0.29, 0.717) is 32.1 Å². The van der Waals surface area contributed by atoms with Gasteiger partial charge in [0.1, 0.15) is 40.6 Å². The van der Waals surface area contributed by atoms with Crippen molar-refractivity contribution in [3.8, 4) is 17.5 Å². The van der Waals surface area contributed by atoms with Crippen molar-refractivity contribution in [3.05, 3.63) is 54.6 Å². The molecular weight excluding hydrogens is 780 g/mol. The van der Waals surface area contributed by atoms with Crippen LogP contribution < -0.4 is 20.1 Å². The predicted octanol–water partition coefficient (Wildman–Crippen LogP) is 4.17. The highest BCUT2D eigenvalue weighted by Crippen LogP contribution is 2.46. The summed E-state index contributed by atoms with van der Waals surface area (Å²) in [4.78, 5) is 64.4. The molecule has 4 aromatic rings. The molecular formula is C37H36F4N6O9S. The van der Waals surface area contributed by atoms with Crippen LogP contribution in [0.1, 0.15) is 57.8 Å². The van der Waals surface area contributed by atoms with E-state index < -0.39 is 87.1 Å². The van der Waals surface area contributed by atoms with Gasteiger partial charge in [0.05, 0.1) is 18.1 Å². The second-order valence-electron chi connectivity index (χ2n) is 14.8. The Morgan fingerprint density at radius 3 is 2.61 bits per heavy atom. The minimum atomic E-state index is -5.31. The number of benzene rings is 1. The van der Waals surface area contributed by atoms with Crippen LogP contribution in [0.2, 0.25) is 0 Å². The summed E-state index contributed by atoms with van der Waals surface area (Å²) in [6.45, 7) is -0.398. The van der Waals surface area contributed by atoms with Crippen LogP contribution >= 0.6 is 0 Å². The van der Waals surface area contributed by atoms with Crippen molar-refractivity contribution in [3.63, 3.8) is 0 Å². The molecule has 2 saturated carbocycles. The first-order valence-corrected chi connectivity index (χ1v) is 20.0. The summed E-state index contributed by atoms with van der Waals surface area (Å²) in [5, 5.41) is 4.02. The van der Waals surface area contributed by atoms with Crippen molar-refractivity contribution in [1.82, 2.24) is 30.2 Å². The number of carbonyl (C=O) groups is 4. The molecule has 3 aromatic heterocycles. The van der Waals surface area contributed by atoms with Gasteiger partial charge in [-0.1, -0.05) is 25.0 Å². The summed E-state index contributed by atoms with van der Waals surface area (Å²) in [6.07, 6.45) is 0.613. The van der Waals surface area contributed by atoms with Gasteiger partial charge in [-0.05, 0) is 68.9 Å². The first kappa shape index (κ1) is 38.3. The Kier molecular flexibility index (Phi) is 9.72. The second kappa shape index (κ2) is 14.4.